The molecule has 0 aromatic heterocycles. The van der Waals surface area contributed by atoms with Crippen LogP contribution >= 0.6 is 11.8 Å². The van der Waals surface area contributed by atoms with Crippen molar-refractivity contribution < 1.29 is 72.7 Å². The maximum Gasteiger partial charge on any atom is 0.407 e. The van der Waals surface area contributed by atoms with E-state index in [4.69, 9.17) is 20.9 Å². The number of nitrogens with zero attached hydrogens (tertiary/aromatic N) is 1. The van der Waals surface area contributed by atoms with Gasteiger partial charge < -0.3 is 78.8 Å². The van der Waals surface area contributed by atoms with Gasteiger partial charge in [0.05, 0.1) is 55.9 Å². The summed E-state index contributed by atoms with van der Waals surface area (Å²) in [5.41, 5.74) is 7.64. The molecule has 26 nitrogen and oxygen atoms in total. The van der Waals surface area contributed by atoms with Crippen LogP contribution in [0.2, 0.25) is 0 Å². The smallest absolute Gasteiger partial charge is 0.407 e. The molecule has 15 N–H and O–H groups in total. The first-order valence-electron chi connectivity index (χ1n) is 22.1. The Balaban J connectivity index is 2.96. The Kier molecular flexibility index (Phi) is 23.5. The lowest BCUT2D eigenvalue weighted by Crippen LogP contribution is -2.70. The summed E-state index contributed by atoms with van der Waals surface area (Å²) in [6, 6.07) is -8.27. The minimum atomic E-state index is -2.90. The number of β-amino-alcohol motifs (C(OH)–C–C–N with tert-alkyl or cyclic N) is 1. The third-order valence-electron chi connectivity index (χ3n) is 10.7. The quantitative estimate of drug-likeness (QED) is 0.0578. The molecule has 0 radical (unpaired) electrons. The van der Waals surface area contributed by atoms with Crippen LogP contribution in [0.4, 0.5) is 4.79 Å². The topological polar surface area (TPSA) is 401 Å². The van der Waals surface area contributed by atoms with Crippen molar-refractivity contribution >= 4 is 70.9 Å². The average molecular weight is 1000 g/mol. The van der Waals surface area contributed by atoms with Gasteiger partial charge in [0.1, 0.15) is 36.4 Å². The Hall–Kier alpha value is -5.87. The van der Waals surface area contributed by atoms with Crippen molar-refractivity contribution in [3.8, 4) is 0 Å². The Labute approximate surface area is 403 Å². The van der Waals surface area contributed by atoms with Crippen LogP contribution in [-0.4, -0.2) is 178 Å². The third kappa shape index (κ3) is 19.2. The molecule has 2 saturated heterocycles. The van der Waals surface area contributed by atoms with Crippen molar-refractivity contribution in [1.29, 1.82) is 0 Å². The van der Waals surface area contributed by atoms with Crippen LogP contribution in [0.5, 0.6) is 0 Å². The summed E-state index contributed by atoms with van der Waals surface area (Å²) in [7, 11) is 0. The fourth-order valence-electron chi connectivity index (χ4n) is 6.87. The van der Waals surface area contributed by atoms with E-state index in [9.17, 15) is 58.5 Å². The summed E-state index contributed by atoms with van der Waals surface area (Å²) >= 11 is 0.940. The van der Waals surface area contributed by atoms with Crippen molar-refractivity contribution in [2.24, 2.45) is 17.4 Å². The zero-order valence-corrected chi connectivity index (χ0v) is 40.6. The Morgan fingerprint density at radius 2 is 1.61 bits per heavy atom. The van der Waals surface area contributed by atoms with Gasteiger partial charge in [0.15, 0.2) is 0 Å². The molecule has 0 aromatic carbocycles. The molecule has 0 bridgehead atoms. The number of hydrogen-bond donors (Lipinski definition) is 13. The van der Waals surface area contributed by atoms with Gasteiger partial charge in [0.2, 0.25) is 58.8 Å². The van der Waals surface area contributed by atoms with Gasteiger partial charge >= 0.3 is 6.09 Å². The fourth-order valence-corrected chi connectivity index (χ4v) is 7.69. The van der Waals surface area contributed by atoms with Crippen molar-refractivity contribution in [1.82, 2.24) is 47.4 Å². The monoisotopic (exact) mass is 999 g/mol. The number of carbonyl (C=O) groups is 10. The summed E-state index contributed by atoms with van der Waals surface area (Å²) in [5, 5.41) is 50.6. The molecule has 388 valence electrons. The van der Waals surface area contributed by atoms with Gasteiger partial charge in [0.25, 0.3) is 0 Å². The van der Waals surface area contributed by atoms with Crippen LogP contribution in [0.1, 0.15) is 73.6 Å². The van der Waals surface area contributed by atoms with Crippen LogP contribution in [-0.2, 0) is 52.6 Å². The number of carbonyl (C=O) groups excluding carboxylic acids is 10. The second-order valence-corrected chi connectivity index (χ2v) is 18.6. The number of hydrogen-bond acceptors (Lipinski definition) is 18. The molecule has 2 rings (SSSR count). The number of rotatable bonds is 19. The molecule has 69 heavy (non-hydrogen) atoms. The first-order chi connectivity index (χ1) is 32.2. The van der Waals surface area contributed by atoms with Gasteiger partial charge in [-0.3, -0.25) is 48.1 Å². The van der Waals surface area contributed by atoms with Crippen LogP contribution in [0.25, 0.3) is 0 Å². The molecular weight excluding hydrogens is 931 g/mol. The molecule has 27 heteroatoms. The molecule has 2 heterocycles. The van der Waals surface area contributed by atoms with E-state index in [-0.39, 0.29) is 10.8 Å². The minimum Gasteiger partial charge on any atom is -0.444 e. The number of thioether (sulfide) groups is 1. The highest BCUT2D eigenvalue weighted by molar-refractivity contribution is 8.03. The van der Waals surface area contributed by atoms with Crippen LogP contribution in [0.3, 0.4) is 0 Å². The SMILES string of the molecule is C=C(CC)NC(=C)SCC1NC(=O)CNC(=O)[C@H]([C@@H](C)CC)NC(=O)CNC(=O)COC(CNC(=O)OC(C)(C)C)(N2C[C@H](O)C[C@H]2C(=O)N[C@@H](C[C@@H](O)CO)C(N)=O)C(=O)[C@H](CC(N)=O)NC1=O. The van der Waals surface area contributed by atoms with Gasteiger partial charge in [-0.05, 0) is 39.5 Å². The minimum absolute atomic E-state index is 0.282. The summed E-state index contributed by atoms with van der Waals surface area (Å²) in [6.45, 7) is 12.3. The van der Waals surface area contributed by atoms with Gasteiger partial charge in [-0.15, -0.1) is 11.8 Å². The van der Waals surface area contributed by atoms with Crippen molar-refractivity contribution in [2.45, 2.75) is 127 Å². The fraction of sp³-hybridized carbons (Fsp3) is 0.667. The number of ether oxygens (including phenoxy) is 2. The number of ketones is 1. The second-order valence-electron chi connectivity index (χ2n) is 17.5. The van der Waals surface area contributed by atoms with E-state index in [1.54, 1.807) is 13.8 Å². The molecule has 9 atom stereocenters. The number of aliphatic hydroxyl groups excluding tert-OH is 3. The highest BCUT2D eigenvalue weighted by Crippen LogP contribution is 2.32. The van der Waals surface area contributed by atoms with Gasteiger partial charge in [-0.1, -0.05) is 40.3 Å². The lowest BCUT2D eigenvalue weighted by atomic mass is 9.94. The van der Waals surface area contributed by atoms with E-state index in [0.717, 1.165) is 16.7 Å². The predicted molar refractivity (Wildman–Crippen MR) is 247 cm³/mol. The number of likely N-dealkylation sites (tertiary alicyclic amines) is 1. The lowest BCUT2D eigenvalue weighted by molar-refractivity contribution is -0.186. The van der Waals surface area contributed by atoms with Gasteiger partial charge in [0, 0.05) is 24.4 Å². The molecular formula is C42H69N11O15S. The van der Waals surface area contributed by atoms with E-state index >= 15 is 4.79 Å². The van der Waals surface area contributed by atoms with Gasteiger partial charge in [-0.25, -0.2) is 4.79 Å². The van der Waals surface area contributed by atoms with Gasteiger partial charge in [-0.2, -0.15) is 0 Å². The molecule has 2 fully saturated rings. The molecule has 0 aromatic rings. The maximum absolute atomic E-state index is 15.5. The summed E-state index contributed by atoms with van der Waals surface area (Å²) in [4.78, 5) is 137. The number of nitrogens with one attached hydrogen (secondary N) is 8. The number of allylic oxidation sites excluding steroid dienone is 1. The number of alkyl carbamates (subject to hydrolysis) is 1. The lowest BCUT2D eigenvalue weighted by Gasteiger charge is -2.44. The molecule has 2 aliphatic rings. The summed E-state index contributed by atoms with van der Waals surface area (Å²) < 4.78 is 11.5. The normalized spacial score (nSPS) is 25.0. The Morgan fingerprint density at radius 1 is 0.971 bits per heavy atom. The van der Waals surface area contributed by atoms with E-state index in [1.165, 1.54) is 20.8 Å². The summed E-state index contributed by atoms with van der Waals surface area (Å²) in [6.07, 6.45) is -5.47. The number of Topliss-reactive ketones (excluding diaryl/α,β-unsaturated/α-hetero) is 1. The average Bonchev–Trinajstić information content (AvgIpc) is 3.67. The van der Waals surface area contributed by atoms with E-state index in [2.05, 4.69) is 55.7 Å². The number of primary amides is 2. The maximum atomic E-state index is 15.5. The zero-order chi connectivity index (χ0) is 52.4. The number of amides is 9. The molecule has 0 aliphatic carbocycles. The van der Waals surface area contributed by atoms with Crippen molar-refractivity contribution in [2.75, 3.05) is 45.1 Å². The first kappa shape index (κ1) is 59.3. The van der Waals surface area contributed by atoms with Crippen LogP contribution in [0, 0.1) is 5.92 Å². The van der Waals surface area contributed by atoms with Crippen molar-refractivity contribution in [3.63, 3.8) is 0 Å². The first-order valence-corrected chi connectivity index (χ1v) is 23.1. The molecule has 0 saturated carbocycles. The van der Waals surface area contributed by atoms with Crippen LogP contribution in [0.15, 0.2) is 23.9 Å². The molecule has 2 unspecified atom stereocenters. The van der Waals surface area contributed by atoms with Crippen molar-refractivity contribution in [3.05, 3.63) is 23.9 Å². The second kappa shape index (κ2) is 27.4. The third-order valence-corrected chi connectivity index (χ3v) is 11.6. The van der Waals surface area contributed by atoms with Crippen LogP contribution < -0.4 is 54.0 Å². The molecule has 9 amide bonds. The number of aliphatic hydroxyl groups is 3. The number of nitrogens with two attached hydrogens (primary N) is 2. The zero-order valence-electron chi connectivity index (χ0n) is 39.8. The highest BCUT2D eigenvalue weighted by Gasteiger charge is 2.56. The Bertz CT molecular complexity index is 1930. The molecule has 2 aliphatic heterocycles. The predicted octanol–water partition coefficient (Wildman–Crippen LogP) is -4.72. The Morgan fingerprint density at radius 3 is 2.19 bits per heavy atom. The summed E-state index contributed by atoms with van der Waals surface area (Å²) in [5.74, 6) is -10.4. The van der Waals surface area contributed by atoms with E-state index in [0.29, 0.717) is 18.5 Å². The largest absolute Gasteiger partial charge is 0.444 e. The van der Waals surface area contributed by atoms with E-state index < -0.39 is 177 Å². The van der Waals surface area contributed by atoms with E-state index in [1.807, 2.05) is 6.92 Å². The standard InChI is InChI=1S/C42H69N11O15S/c1-9-21(3)34-39(65)46-15-31(58)49-28(19-69-23(5)48-22(4)10-2)37(63)50-26(13-30(43)57)35(61)42(20-47-40(66)68-41(6,7)8,67-18-33(60)45-14-32(59)52-34)53-16-24(55)12-29(53)38(64)51-27(36(44)62)11-25(56)17-54/h21,24-29,34,48,54-56H,4-5,9-20H2,1-3,6-8H3,(H2,43,57)(H2,44,62)(H,45,60)(H,46,65)(H,47,66)(H,49,58)(H,50,63)(H,51,64)(H,52,59)/t21-,24+,25+,26-,27-,28?,29-,34-,42?/m0/s1. The molecule has 0 spiro atoms. The highest BCUT2D eigenvalue weighted by atomic mass is 32.2.